The number of aromatic nitrogens is 1. The summed E-state index contributed by atoms with van der Waals surface area (Å²) in [6.07, 6.45) is 0.549. The molecule has 0 spiro atoms. The largest absolute Gasteiger partial charge is 0.486 e. The number of nitrogens with one attached hydrogen (secondary N) is 1. The number of benzene rings is 1. The van der Waals surface area contributed by atoms with E-state index in [0.29, 0.717) is 36.0 Å². The Kier molecular flexibility index (Phi) is 5.58. The molecule has 0 radical (unpaired) electrons. The van der Waals surface area contributed by atoms with Crippen molar-refractivity contribution in [2.75, 3.05) is 18.5 Å². The summed E-state index contributed by atoms with van der Waals surface area (Å²) in [7, 11) is 0. The van der Waals surface area contributed by atoms with Crippen LogP contribution in [0.4, 0.5) is 5.69 Å². The van der Waals surface area contributed by atoms with Crippen molar-refractivity contribution in [3.8, 4) is 11.5 Å². The van der Waals surface area contributed by atoms with E-state index in [1.54, 1.807) is 30.3 Å². The van der Waals surface area contributed by atoms with E-state index in [0.717, 1.165) is 0 Å². The quantitative estimate of drug-likeness (QED) is 0.637. The summed E-state index contributed by atoms with van der Waals surface area (Å²) in [5.74, 6) is 0.227. The molecule has 8 heteroatoms. The summed E-state index contributed by atoms with van der Waals surface area (Å²) in [6, 6.07) is 8.49. The zero-order valence-electron chi connectivity index (χ0n) is 14.0. The Morgan fingerprint density at radius 1 is 1.27 bits per heavy atom. The minimum atomic E-state index is -0.976. The lowest BCUT2D eigenvalue weighted by Gasteiger charge is -2.19. The van der Waals surface area contributed by atoms with Crippen LogP contribution < -0.4 is 14.8 Å². The molecule has 0 saturated heterocycles. The molecule has 26 heavy (non-hydrogen) atoms. The van der Waals surface area contributed by atoms with Gasteiger partial charge in [0.15, 0.2) is 22.8 Å². The number of rotatable bonds is 5. The summed E-state index contributed by atoms with van der Waals surface area (Å²) >= 11 is 5.89. The number of carbonyl (C=O) groups is 2. The Morgan fingerprint density at radius 2 is 2.04 bits per heavy atom. The van der Waals surface area contributed by atoms with Gasteiger partial charge in [-0.3, -0.25) is 9.59 Å². The first kappa shape index (κ1) is 18.0. The first-order valence-electron chi connectivity index (χ1n) is 8.02. The molecule has 0 fully saturated rings. The van der Waals surface area contributed by atoms with Crippen molar-refractivity contribution < 1.29 is 23.8 Å². The second-order valence-electron chi connectivity index (χ2n) is 5.62. The van der Waals surface area contributed by atoms with Crippen molar-refractivity contribution in [2.45, 2.75) is 19.4 Å². The van der Waals surface area contributed by atoms with Crippen LogP contribution in [0.25, 0.3) is 0 Å². The maximum absolute atomic E-state index is 12.1. The third kappa shape index (κ3) is 4.43. The van der Waals surface area contributed by atoms with Gasteiger partial charge in [-0.05, 0) is 36.8 Å². The first-order chi connectivity index (χ1) is 12.5. The summed E-state index contributed by atoms with van der Waals surface area (Å²) in [5.41, 5.74) is 1.07. The van der Waals surface area contributed by atoms with Crippen molar-refractivity contribution in [2.24, 2.45) is 0 Å². The van der Waals surface area contributed by atoms with Crippen LogP contribution in [0.2, 0.25) is 5.15 Å². The molecule has 1 aromatic heterocycles. The summed E-state index contributed by atoms with van der Waals surface area (Å²) < 4.78 is 16.1. The van der Waals surface area contributed by atoms with E-state index in [1.807, 2.05) is 0 Å². The molecule has 3 rings (SSSR count). The van der Waals surface area contributed by atoms with Crippen LogP contribution in [-0.4, -0.2) is 36.2 Å². The lowest BCUT2D eigenvalue weighted by Crippen LogP contribution is -2.30. The van der Waals surface area contributed by atoms with Gasteiger partial charge in [0.05, 0.1) is 12.1 Å². The second-order valence-corrected chi connectivity index (χ2v) is 5.98. The Bertz CT molecular complexity index is 827. The number of hydrogen-bond donors (Lipinski definition) is 1. The normalized spacial score (nSPS) is 13.6. The molecule has 0 unspecified atom stereocenters. The molecule has 1 aromatic carbocycles. The van der Waals surface area contributed by atoms with Gasteiger partial charge < -0.3 is 19.5 Å². The molecule has 0 bridgehead atoms. The molecule has 2 heterocycles. The fourth-order valence-electron chi connectivity index (χ4n) is 2.37. The van der Waals surface area contributed by atoms with Gasteiger partial charge in [0.1, 0.15) is 13.2 Å². The van der Waals surface area contributed by atoms with Crippen LogP contribution in [0, 0.1) is 0 Å². The molecule has 2 aromatic rings. The van der Waals surface area contributed by atoms with Crippen LogP contribution in [0.5, 0.6) is 11.5 Å². The van der Waals surface area contributed by atoms with Crippen molar-refractivity contribution in [1.29, 1.82) is 0 Å². The van der Waals surface area contributed by atoms with E-state index in [1.165, 1.54) is 13.1 Å². The van der Waals surface area contributed by atoms with Crippen LogP contribution in [-0.2, 0) is 20.7 Å². The van der Waals surface area contributed by atoms with E-state index in [4.69, 9.17) is 25.8 Å². The molecule has 1 amide bonds. The number of nitrogens with zero attached hydrogens (tertiary/aromatic N) is 1. The molecule has 0 saturated carbocycles. The number of esters is 1. The molecule has 136 valence electrons. The minimum Gasteiger partial charge on any atom is -0.486 e. The van der Waals surface area contributed by atoms with Gasteiger partial charge in [0, 0.05) is 6.20 Å². The zero-order valence-corrected chi connectivity index (χ0v) is 14.8. The first-order valence-corrected chi connectivity index (χ1v) is 8.40. The highest BCUT2D eigenvalue weighted by Crippen LogP contribution is 2.31. The van der Waals surface area contributed by atoms with E-state index in [2.05, 4.69) is 10.3 Å². The van der Waals surface area contributed by atoms with Crippen molar-refractivity contribution in [3.63, 3.8) is 0 Å². The standard InChI is InChI=1S/C18H17ClN2O5/c1-11(18(23)21-13-3-2-6-20-17(13)19)26-16(22)10-12-4-5-14-15(9-12)25-8-7-24-14/h2-6,9,11H,7-8,10H2,1H3,(H,21,23)/t11-/m0/s1. The van der Waals surface area contributed by atoms with Crippen LogP contribution in [0.1, 0.15) is 12.5 Å². The molecular weight excluding hydrogens is 360 g/mol. The SMILES string of the molecule is C[C@H](OC(=O)Cc1ccc2c(c1)OCCO2)C(=O)Nc1cccnc1Cl. The molecule has 1 atom stereocenters. The third-order valence-corrected chi connectivity index (χ3v) is 3.95. The number of anilines is 1. The Hall–Kier alpha value is -2.80. The lowest BCUT2D eigenvalue weighted by molar-refractivity contribution is -0.152. The Morgan fingerprint density at radius 3 is 2.81 bits per heavy atom. The summed E-state index contributed by atoms with van der Waals surface area (Å²) in [4.78, 5) is 28.1. The average molecular weight is 377 g/mol. The van der Waals surface area contributed by atoms with Crippen LogP contribution in [0.3, 0.4) is 0 Å². The monoisotopic (exact) mass is 376 g/mol. The van der Waals surface area contributed by atoms with Gasteiger partial charge in [-0.25, -0.2) is 4.98 Å². The maximum atomic E-state index is 12.1. The Labute approximate surface area is 155 Å². The van der Waals surface area contributed by atoms with E-state index < -0.39 is 18.0 Å². The number of carbonyl (C=O) groups excluding carboxylic acids is 2. The number of halogens is 1. The van der Waals surface area contributed by atoms with E-state index in [-0.39, 0.29) is 11.6 Å². The van der Waals surface area contributed by atoms with Gasteiger partial charge in [0.25, 0.3) is 5.91 Å². The molecule has 1 aliphatic rings. The number of amides is 1. The zero-order chi connectivity index (χ0) is 18.5. The van der Waals surface area contributed by atoms with Gasteiger partial charge in [-0.1, -0.05) is 17.7 Å². The topological polar surface area (TPSA) is 86.8 Å². The molecule has 0 aliphatic carbocycles. The molecular formula is C18H17ClN2O5. The van der Waals surface area contributed by atoms with Gasteiger partial charge in [0.2, 0.25) is 0 Å². The maximum Gasteiger partial charge on any atom is 0.311 e. The average Bonchev–Trinajstić information content (AvgIpc) is 2.63. The second kappa shape index (κ2) is 8.05. The molecule has 1 aliphatic heterocycles. The van der Waals surface area contributed by atoms with Gasteiger partial charge in [-0.2, -0.15) is 0 Å². The van der Waals surface area contributed by atoms with Crippen molar-refractivity contribution >= 4 is 29.2 Å². The summed E-state index contributed by atoms with van der Waals surface area (Å²) in [6.45, 7) is 2.46. The molecule has 7 nitrogen and oxygen atoms in total. The predicted octanol–water partition coefficient (Wildman–Crippen LogP) is 2.62. The third-order valence-electron chi connectivity index (χ3n) is 3.65. The van der Waals surface area contributed by atoms with Crippen molar-refractivity contribution in [3.05, 3.63) is 47.2 Å². The van der Waals surface area contributed by atoms with E-state index in [9.17, 15) is 9.59 Å². The Balaban J connectivity index is 1.55. The fourth-order valence-corrected chi connectivity index (χ4v) is 2.54. The van der Waals surface area contributed by atoms with E-state index >= 15 is 0 Å². The number of ether oxygens (including phenoxy) is 3. The fraction of sp³-hybridized carbons (Fsp3) is 0.278. The number of pyridine rings is 1. The smallest absolute Gasteiger partial charge is 0.311 e. The van der Waals surface area contributed by atoms with Crippen LogP contribution in [0.15, 0.2) is 36.5 Å². The van der Waals surface area contributed by atoms with Gasteiger partial charge >= 0.3 is 5.97 Å². The van der Waals surface area contributed by atoms with Crippen LogP contribution >= 0.6 is 11.6 Å². The number of fused-ring (bicyclic) bond motifs is 1. The highest BCUT2D eigenvalue weighted by atomic mass is 35.5. The minimum absolute atomic E-state index is 0.0158. The summed E-state index contributed by atoms with van der Waals surface area (Å²) in [5, 5.41) is 2.74. The number of hydrogen-bond acceptors (Lipinski definition) is 6. The highest BCUT2D eigenvalue weighted by molar-refractivity contribution is 6.32. The predicted molar refractivity (Wildman–Crippen MR) is 94.6 cm³/mol. The molecule has 1 N–H and O–H groups in total. The highest BCUT2D eigenvalue weighted by Gasteiger charge is 2.20. The lowest BCUT2D eigenvalue weighted by atomic mass is 10.1. The van der Waals surface area contributed by atoms with Gasteiger partial charge in [-0.15, -0.1) is 0 Å². The van der Waals surface area contributed by atoms with Crippen molar-refractivity contribution in [1.82, 2.24) is 4.98 Å².